The number of ether oxygens (including phenoxy) is 1. The molecule has 2 aromatic carbocycles. The number of nitrogens with one attached hydrogen (secondary N) is 1. The topological polar surface area (TPSA) is 67.8 Å². The van der Waals surface area contributed by atoms with Crippen LogP contribution in [0.1, 0.15) is 20.8 Å². The maximum atomic E-state index is 11.8. The molecule has 134 valence electrons. The predicted octanol–water partition coefficient (Wildman–Crippen LogP) is 4.13. The van der Waals surface area contributed by atoms with Gasteiger partial charge in [0.15, 0.2) is 0 Å². The van der Waals surface area contributed by atoms with Gasteiger partial charge in [0, 0.05) is 6.08 Å². The fraction of sp³-hybridized carbons (Fsp3) is 0. The van der Waals surface area contributed by atoms with Crippen LogP contribution in [0, 0.1) is 0 Å². The molecule has 3 rings (SSSR count). The molecule has 1 N–H and O–H groups in total. The number of esters is 1. The van der Waals surface area contributed by atoms with Gasteiger partial charge in [0.25, 0.3) is 5.91 Å². The van der Waals surface area contributed by atoms with Crippen LogP contribution in [-0.2, 0) is 4.79 Å². The number of carbonyl (C=O) groups is 2. The maximum Gasteiger partial charge on any atom is 0.336 e. The van der Waals surface area contributed by atoms with Gasteiger partial charge in [-0.2, -0.15) is 5.10 Å². The zero-order valence-corrected chi connectivity index (χ0v) is 15.1. The SMILES string of the molecule is O=C(/C=C/c1ccccc1)Oc1ccc(/C=N/NC(=O)c2cccs2)cc1. The summed E-state index contributed by atoms with van der Waals surface area (Å²) in [4.78, 5) is 24.2. The second kappa shape index (κ2) is 9.26. The Labute approximate surface area is 160 Å². The van der Waals surface area contributed by atoms with E-state index in [9.17, 15) is 9.59 Å². The molecule has 0 aliphatic heterocycles. The number of carbonyl (C=O) groups excluding carboxylic acids is 2. The Morgan fingerprint density at radius 1 is 0.926 bits per heavy atom. The number of nitrogens with zero attached hydrogens (tertiary/aromatic N) is 1. The third kappa shape index (κ3) is 5.76. The van der Waals surface area contributed by atoms with Gasteiger partial charge < -0.3 is 4.74 Å². The molecule has 0 aliphatic carbocycles. The molecule has 0 bridgehead atoms. The van der Waals surface area contributed by atoms with Crippen LogP contribution in [0.4, 0.5) is 0 Å². The smallest absolute Gasteiger partial charge is 0.336 e. The van der Waals surface area contributed by atoms with Gasteiger partial charge in [-0.05, 0) is 52.9 Å². The van der Waals surface area contributed by atoms with E-state index in [4.69, 9.17) is 4.74 Å². The lowest BCUT2D eigenvalue weighted by Gasteiger charge is -2.01. The first-order valence-electron chi connectivity index (χ1n) is 8.12. The number of benzene rings is 2. The Balaban J connectivity index is 1.51. The van der Waals surface area contributed by atoms with Gasteiger partial charge >= 0.3 is 5.97 Å². The van der Waals surface area contributed by atoms with Crippen LogP contribution in [0.2, 0.25) is 0 Å². The average molecular weight is 376 g/mol. The normalized spacial score (nSPS) is 11.0. The summed E-state index contributed by atoms with van der Waals surface area (Å²) in [6.07, 6.45) is 4.59. The van der Waals surface area contributed by atoms with Gasteiger partial charge in [0.05, 0.1) is 11.1 Å². The molecule has 27 heavy (non-hydrogen) atoms. The van der Waals surface area contributed by atoms with Gasteiger partial charge in [-0.3, -0.25) is 4.79 Å². The number of hydrogen-bond donors (Lipinski definition) is 1. The van der Waals surface area contributed by atoms with Crippen molar-refractivity contribution in [3.8, 4) is 5.75 Å². The Morgan fingerprint density at radius 3 is 2.41 bits per heavy atom. The lowest BCUT2D eigenvalue weighted by Crippen LogP contribution is -2.16. The third-order valence-corrected chi connectivity index (χ3v) is 4.30. The van der Waals surface area contributed by atoms with Gasteiger partial charge in [-0.25, -0.2) is 10.2 Å². The average Bonchev–Trinajstić information content (AvgIpc) is 3.23. The molecule has 0 aliphatic rings. The van der Waals surface area contributed by atoms with Crippen molar-refractivity contribution in [1.29, 1.82) is 0 Å². The molecule has 6 heteroatoms. The van der Waals surface area contributed by atoms with E-state index in [1.54, 1.807) is 42.5 Å². The van der Waals surface area contributed by atoms with Gasteiger partial charge in [-0.15, -0.1) is 11.3 Å². The van der Waals surface area contributed by atoms with E-state index < -0.39 is 5.97 Å². The van der Waals surface area contributed by atoms with Crippen molar-refractivity contribution in [3.63, 3.8) is 0 Å². The molecule has 5 nitrogen and oxygen atoms in total. The molecule has 0 saturated carbocycles. The summed E-state index contributed by atoms with van der Waals surface area (Å²) < 4.78 is 5.24. The summed E-state index contributed by atoms with van der Waals surface area (Å²) in [7, 11) is 0. The minimum absolute atomic E-state index is 0.253. The summed E-state index contributed by atoms with van der Waals surface area (Å²) in [6, 6.07) is 19.8. The summed E-state index contributed by atoms with van der Waals surface area (Å²) in [6.45, 7) is 0. The van der Waals surface area contributed by atoms with Crippen LogP contribution >= 0.6 is 11.3 Å². The molecule has 3 aromatic rings. The lowest BCUT2D eigenvalue weighted by atomic mass is 10.2. The van der Waals surface area contributed by atoms with Crippen molar-refractivity contribution in [3.05, 3.63) is 94.2 Å². The highest BCUT2D eigenvalue weighted by molar-refractivity contribution is 7.12. The lowest BCUT2D eigenvalue weighted by molar-refractivity contribution is -0.128. The van der Waals surface area contributed by atoms with Gasteiger partial charge in [0.2, 0.25) is 0 Å². The third-order valence-electron chi connectivity index (χ3n) is 3.43. The first kappa shape index (κ1) is 18.3. The van der Waals surface area contributed by atoms with Crippen LogP contribution in [0.5, 0.6) is 5.75 Å². The van der Waals surface area contributed by atoms with Gasteiger partial charge in [-0.1, -0.05) is 36.4 Å². The van der Waals surface area contributed by atoms with E-state index >= 15 is 0 Å². The number of rotatable bonds is 6. The largest absolute Gasteiger partial charge is 0.423 e. The van der Waals surface area contributed by atoms with E-state index in [1.807, 2.05) is 35.7 Å². The number of hydrazone groups is 1. The molecule has 0 saturated heterocycles. The van der Waals surface area contributed by atoms with Crippen LogP contribution in [0.3, 0.4) is 0 Å². The fourth-order valence-electron chi connectivity index (χ4n) is 2.13. The highest BCUT2D eigenvalue weighted by Crippen LogP contribution is 2.12. The Kier molecular flexibility index (Phi) is 6.27. The van der Waals surface area contributed by atoms with Crippen LogP contribution in [-0.4, -0.2) is 18.1 Å². The van der Waals surface area contributed by atoms with E-state index in [0.29, 0.717) is 10.6 Å². The first-order chi connectivity index (χ1) is 13.2. The van der Waals surface area contributed by atoms with E-state index in [2.05, 4.69) is 10.5 Å². The van der Waals surface area contributed by atoms with Crippen molar-refractivity contribution < 1.29 is 14.3 Å². The molecule has 0 fully saturated rings. The minimum atomic E-state index is -0.455. The number of hydrogen-bond acceptors (Lipinski definition) is 5. The monoisotopic (exact) mass is 376 g/mol. The highest BCUT2D eigenvalue weighted by Gasteiger charge is 2.04. The molecular weight excluding hydrogens is 360 g/mol. The summed E-state index contributed by atoms with van der Waals surface area (Å²) in [5.74, 6) is -0.280. The molecule has 0 atom stereocenters. The van der Waals surface area contributed by atoms with E-state index in [0.717, 1.165) is 11.1 Å². The van der Waals surface area contributed by atoms with Crippen LogP contribution in [0.25, 0.3) is 6.08 Å². The Hall–Kier alpha value is -3.51. The highest BCUT2D eigenvalue weighted by atomic mass is 32.1. The Morgan fingerprint density at radius 2 is 1.70 bits per heavy atom. The minimum Gasteiger partial charge on any atom is -0.423 e. The van der Waals surface area contributed by atoms with Crippen molar-refractivity contribution in [1.82, 2.24) is 5.43 Å². The Bertz CT molecular complexity index is 947. The maximum absolute atomic E-state index is 11.8. The van der Waals surface area contributed by atoms with Crippen LogP contribution in [0.15, 0.2) is 83.3 Å². The molecule has 0 unspecified atom stereocenters. The fourth-order valence-corrected chi connectivity index (χ4v) is 2.74. The van der Waals surface area contributed by atoms with Crippen molar-refractivity contribution in [2.75, 3.05) is 0 Å². The molecule has 0 radical (unpaired) electrons. The number of thiophene rings is 1. The van der Waals surface area contributed by atoms with Crippen LogP contribution < -0.4 is 10.2 Å². The van der Waals surface area contributed by atoms with Crippen molar-refractivity contribution in [2.24, 2.45) is 5.10 Å². The summed E-state index contributed by atoms with van der Waals surface area (Å²) in [5, 5.41) is 5.74. The predicted molar refractivity (Wildman–Crippen MR) is 107 cm³/mol. The first-order valence-corrected chi connectivity index (χ1v) is 9.00. The van der Waals surface area contributed by atoms with Crippen molar-refractivity contribution >= 4 is 35.5 Å². The summed E-state index contributed by atoms with van der Waals surface area (Å²) in [5.41, 5.74) is 4.15. The quantitative estimate of drug-likeness (QED) is 0.231. The van der Waals surface area contributed by atoms with E-state index in [-0.39, 0.29) is 5.91 Å². The number of amides is 1. The standard InChI is InChI=1S/C21H16N2O3S/c24-20(13-10-16-5-2-1-3-6-16)26-18-11-8-17(9-12-18)15-22-23-21(25)19-7-4-14-27-19/h1-15H,(H,23,25)/b13-10+,22-15+. The molecule has 1 heterocycles. The second-order valence-corrected chi connectivity index (χ2v) is 6.36. The van der Waals surface area contributed by atoms with Crippen molar-refractivity contribution in [2.45, 2.75) is 0 Å². The second-order valence-electron chi connectivity index (χ2n) is 5.41. The molecular formula is C21H16N2O3S. The zero-order valence-electron chi connectivity index (χ0n) is 14.2. The zero-order chi connectivity index (χ0) is 18.9. The molecule has 0 spiro atoms. The summed E-state index contributed by atoms with van der Waals surface area (Å²) >= 11 is 1.35. The molecule has 1 amide bonds. The molecule has 1 aromatic heterocycles. The van der Waals surface area contributed by atoms with Gasteiger partial charge in [0.1, 0.15) is 5.75 Å². The van der Waals surface area contributed by atoms with E-state index in [1.165, 1.54) is 23.6 Å².